The number of carbonyl (C=O) groups is 9. The summed E-state index contributed by atoms with van der Waals surface area (Å²) in [6.45, 7) is 13.0. The summed E-state index contributed by atoms with van der Waals surface area (Å²) in [7, 11) is 6.01. The van der Waals surface area contributed by atoms with Crippen molar-refractivity contribution in [1.82, 2.24) is 40.3 Å². The summed E-state index contributed by atoms with van der Waals surface area (Å²) in [6.07, 6.45) is 2.93. The van der Waals surface area contributed by atoms with Gasteiger partial charge in [-0.1, -0.05) is 97.0 Å². The van der Waals surface area contributed by atoms with Crippen molar-refractivity contribution in [3.63, 3.8) is 0 Å². The molecule has 2 aromatic rings. The van der Waals surface area contributed by atoms with Crippen molar-refractivity contribution < 1.29 is 57.7 Å². The molecule has 3 heterocycles. The number of benzene rings is 1. The number of ether oxygens (including phenoxy) is 2. The van der Waals surface area contributed by atoms with Crippen LogP contribution in [-0.4, -0.2) is 183 Å². The molecule has 0 spiro atoms. The molecule has 1 unspecified atom stereocenters. The molecule has 8 amide bonds. The Morgan fingerprint density at radius 3 is 2.09 bits per heavy atom. The number of likely N-dealkylation sites (N-methyl/N-ethyl adjacent to an activating group) is 2. The molecular formula is C52H78N10O12S2. The fourth-order valence-corrected chi connectivity index (χ4v) is 10.9. The highest BCUT2D eigenvalue weighted by atomic mass is 32.2. The van der Waals surface area contributed by atoms with Gasteiger partial charge in [0.1, 0.15) is 18.1 Å². The average molecular weight is 1100 g/mol. The maximum atomic E-state index is 14.7. The van der Waals surface area contributed by atoms with Crippen molar-refractivity contribution in [2.24, 2.45) is 23.7 Å². The third-order valence-electron chi connectivity index (χ3n) is 14.3. The van der Waals surface area contributed by atoms with E-state index in [1.165, 1.54) is 42.8 Å². The van der Waals surface area contributed by atoms with Gasteiger partial charge in [0, 0.05) is 60.5 Å². The van der Waals surface area contributed by atoms with E-state index in [0.717, 1.165) is 22.2 Å². The molecule has 2 aliphatic heterocycles. The van der Waals surface area contributed by atoms with Crippen LogP contribution < -0.4 is 20.9 Å². The molecule has 22 nitrogen and oxygen atoms in total. The predicted molar refractivity (Wildman–Crippen MR) is 288 cm³/mol. The summed E-state index contributed by atoms with van der Waals surface area (Å²) < 4.78 is 11.9. The number of amides is 8. The molecule has 4 rings (SSSR count). The van der Waals surface area contributed by atoms with Gasteiger partial charge in [-0.15, -0.1) is 0 Å². The lowest BCUT2D eigenvalue weighted by molar-refractivity contribution is -0.149. The van der Waals surface area contributed by atoms with E-state index in [2.05, 4.69) is 30.9 Å². The van der Waals surface area contributed by atoms with Crippen molar-refractivity contribution in [2.45, 2.75) is 153 Å². The molecule has 10 atom stereocenters. The zero-order chi connectivity index (χ0) is 56.7. The average Bonchev–Trinajstić information content (AvgIpc) is 3.99. The minimum absolute atomic E-state index is 0.0168. The zero-order valence-electron chi connectivity index (χ0n) is 46.1. The van der Waals surface area contributed by atoms with Crippen LogP contribution in [-0.2, 0) is 59.0 Å². The number of anilines is 2. The van der Waals surface area contributed by atoms with Gasteiger partial charge in [0.2, 0.25) is 59.2 Å². The van der Waals surface area contributed by atoms with Crippen molar-refractivity contribution >= 4 is 88.6 Å². The molecule has 0 saturated carbocycles. The molecule has 2 fully saturated rings. The number of likely N-dealkylation sites (tertiary alicyclic amines) is 1. The van der Waals surface area contributed by atoms with Gasteiger partial charge in [-0.05, 0) is 48.7 Å². The maximum Gasteiger partial charge on any atom is 0.326 e. The second kappa shape index (κ2) is 29.1. The second-order valence-electron chi connectivity index (χ2n) is 20.1. The van der Waals surface area contributed by atoms with Gasteiger partial charge < -0.3 is 39.9 Å². The Morgan fingerprint density at radius 2 is 1.54 bits per heavy atom. The lowest BCUT2D eigenvalue weighted by atomic mass is 9.89. The van der Waals surface area contributed by atoms with Crippen LogP contribution in [0.25, 0.3) is 0 Å². The first-order valence-electron chi connectivity index (χ1n) is 25.7. The standard InChI is InChI=1S/C52H78N10O12S2/c1-14-30(6)43(35(73-10)26-39(65)61-24-18-21-34(61)44(74-11)31(7)45(67)53-33(49(71)72)25-32-19-16-15-17-20-32)60(9)48(70)41(28(2)3)55-46(68)42(29(4)5)59(8)38(64)23-22-37(63)54-50-56-51(58-52(57-50)76-13)62-40(66)27-36(75-12)47(62)69/h15-17,19-20,28-31,33-36,41-44H,14,18,21-27H2,1-13H3,(H,53,67)(H,55,68)(H,71,72)(H,54,56,57,58,63)/t30-,31+,33-,34-,35+,36?,41-,42-,43-,44+/m0/s1. The van der Waals surface area contributed by atoms with Crippen molar-refractivity contribution in [3.05, 3.63) is 35.9 Å². The van der Waals surface area contributed by atoms with Crippen LogP contribution in [0.1, 0.15) is 99.0 Å². The Labute approximate surface area is 454 Å². The Kier molecular flexibility index (Phi) is 24.1. The number of imide groups is 1. The van der Waals surface area contributed by atoms with Crippen LogP contribution in [0.15, 0.2) is 35.5 Å². The predicted octanol–water partition coefficient (Wildman–Crippen LogP) is 3.66. The molecule has 0 radical (unpaired) electrons. The van der Waals surface area contributed by atoms with Gasteiger partial charge in [-0.25, -0.2) is 9.69 Å². The number of carboxylic acid groups (broad SMARTS) is 1. The Morgan fingerprint density at radius 1 is 0.868 bits per heavy atom. The number of aromatic nitrogens is 3. The van der Waals surface area contributed by atoms with Gasteiger partial charge in [0.15, 0.2) is 5.16 Å². The number of rotatable bonds is 28. The van der Waals surface area contributed by atoms with Crippen LogP contribution in [0.5, 0.6) is 0 Å². The summed E-state index contributed by atoms with van der Waals surface area (Å²) >= 11 is 2.35. The fourth-order valence-electron chi connectivity index (χ4n) is 9.89. The first-order valence-corrected chi connectivity index (χ1v) is 28.2. The highest BCUT2D eigenvalue weighted by Crippen LogP contribution is 2.31. The molecule has 4 N–H and O–H groups in total. The Bertz CT molecular complexity index is 2380. The van der Waals surface area contributed by atoms with Crippen LogP contribution in [0, 0.1) is 23.7 Å². The highest BCUT2D eigenvalue weighted by molar-refractivity contribution is 8.00. The lowest BCUT2D eigenvalue weighted by Crippen LogP contribution is -2.60. The van der Waals surface area contributed by atoms with Crippen LogP contribution in [0.3, 0.4) is 0 Å². The number of methoxy groups -OCH3 is 2. The Balaban J connectivity index is 1.44. The topological polar surface area (TPSA) is 280 Å². The summed E-state index contributed by atoms with van der Waals surface area (Å²) in [5, 5.41) is 17.6. The number of carbonyl (C=O) groups excluding carboxylic acids is 8. The first-order chi connectivity index (χ1) is 35.9. The molecule has 2 aliphatic rings. The summed E-state index contributed by atoms with van der Waals surface area (Å²) in [6, 6.07) is 4.54. The Hall–Kier alpha value is -5.72. The molecular weight excluding hydrogens is 1020 g/mol. The number of thioether (sulfide) groups is 2. The molecule has 0 aliphatic carbocycles. The number of hydrogen-bond acceptors (Lipinski definition) is 16. The highest BCUT2D eigenvalue weighted by Gasteiger charge is 2.45. The van der Waals surface area contributed by atoms with Crippen molar-refractivity contribution in [3.8, 4) is 0 Å². The van der Waals surface area contributed by atoms with E-state index in [4.69, 9.17) is 9.47 Å². The smallest absolute Gasteiger partial charge is 0.326 e. The number of aliphatic carboxylic acids is 1. The molecule has 0 bridgehead atoms. The van der Waals surface area contributed by atoms with Crippen LogP contribution in [0.2, 0.25) is 0 Å². The minimum Gasteiger partial charge on any atom is -0.480 e. The minimum atomic E-state index is -1.18. The van der Waals surface area contributed by atoms with E-state index in [1.807, 2.05) is 19.9 Å². The first kappa shape index (κ1) is 62.8. The molecule has 2 saturated heterocycles. The van der Waals surface area contributed by atoms with E-state index < -0.39 is 113 Å². The van der Waals surface area contributed by atoms with E-state index in [-0.39, 0.29) is 61.0 Å². The van der Waals surface area contributed by atoms with E-state index in [0.29, 0.717) is 25.8 Å². The third-order valence-corrected chi connectivity index (χ3v) is 15.8. The maximum absolute atomic E-state index is 14.7. The van der Waals surface area contributed by atoms with E-state index in [1.54, 1.807) is 83.3 Å². The number of hydrogen-bond donors (Lipinski definition) is 4. The molecule has 76 heavy (non-hydrogen) atoms. The zero-order valence-corrected chi connectivity index (χ0v) is 47.7. The second-order valence-corrected chi connectivity index (χ2v) is 21.9. The summed E-state index contributed by atoms with van der Waals surface area (Å²) in [4.78, 5) is 140. The van der Waals surface area contributed by atoms with Gasteiger partial charge in [-0.2, -0.15) is 26.7 Å². The summed E-state index contributed by atoms with van der Waals surface area (Å²) in [5.74, 6) is -7.41. The third kappa shape index (κ3) is 15.9. The normalized spacial score (nSPS) is 18.8. The van der Waals surface area contributed by atoms with Gasteiger partial charge in [0.25, 0.3) is 0 Å². The molecule has 1 aromatic carbocycles. The molecule has 24 heteroatoms. The SMILES string of the molecule is CC[C@H](C)[C@@H]([C@@H](CC(=O)N1CCC[C@H]1[C@H](OC)[C@@H](C)C(=O)N[C@@H](Cc1ccccc1)C(=O)O)OC)N(C)C(=O)[C@@H](NC(=O)[C@H](C(C)C)N(C)C(=O)CCC(=O)Nc1nc(SC)nc(N2C(=O)CC(SC)C2=O)n1)C(C)C. The number of nitrogens with zero attached hydrogens (tertiary/aromatic N) is 7. The fraction of sp³-hybridized carbons (Fsp3) is 0.654. The monoisotopic (exact) mass is 1100 g/mol. The van der Waals surface area contributed by atoms with Gasteiger partial charge in [0.05, 0.1) is 41.9 Å². The van der Waals surface area contributed by atoms with E-state index in [9.17, 15) is 48.3 Å². The largest absolute Gasteiger partial charge is 0.480 e. The van der Waals surface area contributed by atoms with Crippen LogP contribution in [0.4, 0.5) is 11.9 Å². The quantitative estimate of drug-likeness (QED) is 0.0699. The van der Waals surface area contributed by atoms with Gasteiger partial charge >= 0.3 is 5.97 Å². The molecule has 1 aromatic heterocycles. The van der Waals surface area contributed by atoms with Gasteiger partial charge in [-0.3, -0.25) is 43.7 Å². The molecule has 420 valence electrons. The lowest BCUT2D eigenvalue weighted by Gasteiger charge is -2.41. The van der Waals surface area contributed by atoms with Crippen LogP contribution >= 0.6 is 23.5 Å². The number of carboxylic acids is 1. The number of nitrogens with one attached hydrogen (secondary N) is 3. The van der Waals surface area contributed by atoms with Crippen molar-refractivity contribution in [1.29, 1.82) is 0 Å². The van der Waals surface area contributed by atoms with Crippen molar-refractivity contribution in [2.75, 3.05) is 57.6 Å². The van der Waals surface area contributed by atoms with E-state index >= 15 is 0 Å². The summed E-state index contributed by atoms with van der Waals surface area (Å²) in [5.41, 5.74) is 0.748.